The minimum atomic E-state index is 0. The zero-order chi connectivity index (χ0) is 20.3. The third kappa shape index (κ3) is 7.85. The van der Waals surface area contributed by atoms with Gasteiger partial charge in [-0.3, -0.25) is 0 Å². The van der Waals surface area contributed by atoms with Crippen LogP contribution in [0, 0.1) is 5.92 Å². The molecular weight excluding hydrogens is 495 g/mol. The van der Waals surface area contributed by atoms with Gasteiger partial charge in [-0.25, -0.2) is 9.98 Å². The fraction of sp³-hybridized carbons (Fsp3) is 0.727. The molecule has 1 unspecified atom stereocenters. The molecule has 1 aliphatic carbocycles. The third-order valence-electron chi connectivity index (χ3n) is 5.54. The van der Waals surface area contributed by atoms with Crippen LogP contribution in [0.15, 0.2) is 23.3 Å². The number of pyridine rings is 1. The van der Waals surface area contributed by atoms with E-state index >= 15 is 0 Å². The smallest absolute Gasteiger partial charge is 0.218 e. The predicted octanol–water partition coefficient (Wildman–Crippen LogP) is 3.47. The molecule has 1 saturated carbocycles. The standard InChI is InChI=1S/C22H36N4O3.HI/c1-3-23-22(26-12-10-18(16-26)17-28-14-13-27-2)25-15-19-7-6-11-24-21(19)29-20-8-4-5-9-20;/h6-7,11,18,20H,3-5,8-10,12-17H2,1-2H3,(H,23,25);1H. The molecule has 0 spiro atoms. The molecule has 0 bridgehead atoms. The summed E-state index contributed by atoms with van der Waals surface area (Å²) in [5.41, 5.74) is 1.05. The fourth-order valence-corrected chi connectivity index (χ4v) is 3.95. The minimum Gasteiger partial charge on any atom is -0.474 e. The highest BCUT2D eigenvalue weighted by Crippen LogP contribution is 2.25. The van der Waals surface area contributed by atoms with Crippen molar-refractivity contribution in [3.8, 4) is 5.88 Å². The summed E-state index contributed by atoms with van der Waals surface area (Å²) >= 11 is 0. The van der Waals surface area contributed by atoms with Crippen molar-refractivity contribution >= 4 is 29.9 Å². The Morgan fingerprint density at radius 3 is 2.87 bits per heavy atom. The first-order valence-corrected chi connectivity index (χ1v) is 11.0. The van der Waals surface area contributed by atoms with Crippen molar-refractivity contribution in [1.82, 2.24) is 15.2 Å². The molecule has 1 aromatic rings. The summed E-state index contributed by atoms with van der Waals surface area (Å²) in [6.45, 7) is 7.59. The lowest BCUT2D eigenvalue weighted by Gasteiger charge is -2.22. The van der Waals surface area contributed by atoms with Crippen molar-refractivity contribution in [2.75, 3.05) is 46.6 Å². The monoisotopic (exact) mass is 532 g/mol. The van der Waals surface area contributed by atoms with Gasteiger partial charge in [0, 0.05) is 44.4 Å². The molecule has 30 heavy (non-hydrogen) atoms. The highest BCUT2D eigenvalue weighted by atomic mass is 127. The van der Waals surface area contributed by atoms with Crippen molar-refractivity contribution in [3.05, 3.63) is 23.9 Å². The first-order chi connectivity index (χ1) is 14.3. The van der Waals surface area contributed by atoms with E-state index in [-0.39, 0.29) is 24.0 Å². The van der Waals surface area contributed by atoms with Crippen LogP contribution in [0.2, 0.25) is 0 Å². The molecule has 1 saturated heterocycles. The Morgan fingerprint density at radius 2 is 2.10 bits per heavy atom. The molecule has 8 heteroatoms. The van der Waals surface area contributed by atoms with Crippen LogP contribution in [0.25, 0.3) is 0 Å². The van der Waals surface area contributed by atoms with E-state index in [0.717, 1.165) is 62.9 Å². The van der Waals surface area contributed by atoms with Crippen molar-refractivity contribution in [2.24, 2.45) is 10.9 Å². The molecule has 3 rings (SSSR count). The number of hydrogen-bond donors (Lipinski definition) is 1. The van der Waals surface area contributed by atoms with E-state index in [9.17, 15) is 0 Å². The van der Waals surface area contributed by atoms with Crippen LogP contribution in [0.1, 0.15) is 44.6 Å². The zero-order valence-corrected chi connectivity index (χ0v) is 20.7. The highest BCUT2D eigenvalue weighted by molar-refractivity contribution is 14.0. The lowest BCUT2D eigenvalue weighted by Crippen LogP contribution is -2.40. The Bertz CT molecular complexity index is 641. The maximum atomic E-state index is 6.16. The number of nitrogens with zero attached hydrogens (tertiary/aromatic N) is 3. The average molecular weight is 532 g/mol. The summed E-state index contributed by atoms with van der Waals surface area (Å²) in [6.07, 6.45) is 7.99. The topological polar surface area (TPSA) is 68.2 Å². The van der Waals surface area contributed by atoms with Crippen molar-refractivity contribution in [1.29, 1.82) is 0 Å². The second-order valence-electron chi connectivity index (χ2n) is 7.83. The number of ether oxygens (including phenoxy) is 3. The molecule has 1 aromatic heterocycles. The van der Waals surface area contributed by atoms with Crippen LogP contribution in [0.3, 0.4) is 0 Å². The molecule has 2 fully saturated rings. The number of rotatable bonds is 10. The first kappa shape index (κ1) is 25.1. The minimum absolute atomic E-state index is 0. The molecule has 2 heterocycles. The van der Waals surface area contributed by atoms with Crippen LogP contribution in [0.4, 0.5) is 0 Å². The van der Waals surface area contributed by atoms with Crippen LogP contribution < -0.4 is 10.1 Å². The molecule has 0 aromatic carbocycles. The third-order valence-corrected chi connectivity index (χ3v) is 5.54. The Balaban J connectivity index is 0.00000320. The molecular formula is C22H37IN4O3. The number of likely N-dealkylation sites (tertiary alicyclic amines) is 1. The van der Waals surface area contributed by atoms with Gasteiger partial charge >= 0.3 is 0 Å². The Kier molecular flexibility index (Phi) is 11.8. The van der Waals surface area contributed by atoms with Crippen LogP contribution >= 0.6 is 24.0 Å². The van der Waals surface area contributed by atoms with Gasteiger partial charge in [-0.2, -0.15) is 0 Å². The average Bonchev–Trinajstić information content (AvgIpc) is 3.42. The molecule has 170 valence electrons. The largest absolute Gasteiger partial charge is 0.474 e. The summed E-state index contributed by atoms with van der Waals surface area (Å²) in [4.78, 5) is 11.7. The van der Waals surface area contributed by atoms with Gasteiger partial charge in [-0.05, 0) is 45.1 Å². The lowest BCUT2D eigenvalue weighted by molar-refractivity contribution is 0.0536. The number of guanidine groups is 1. The van der Waals surface area contributed by atoms with Gasteiger partial charge < -0.3 is 24.4 Å². The van der Waals surface area contributed by atoms with Gasteiger partial charge in [0.15, 0.2) is 5.96 Å². The SMILES string of the molecule is CCNC(=NCc1cccnc1OC1CCCC1)N1CCC(COCCOC)C1.I. The van der Waals surface area contributed by atoms with E-state index in [4.69, 9.17) is 19.2 Å². The van der Waals surface area contributed by atoms with E-state index in [0.29, 0.717) is 31.8 Å². The number of nitrogens with one attached hydrogen (secondary N) is 1. The van der Waals surface area contributed by atoms with Crippen LogP contribution in [-0.2, 0) is 16.0 Å². The number of halogens is 1. The fourth-order valence-electron chi connectivity index (χ4n) is 3.95. The van der Waals surface area contributed by atoms with Gasteiger partial charge in [0.05, 0.1) is 26.4 Å². The van der Waals surface area contributed by atoms with Gasteiger partial charge in [-0.1, -0.05) is 6.07 Å². The Hall–Kier alpha value is -1.13. The first-order valence-electron chi connectivity index (χ1n) is 11.0. The number of methoxy groups -OCH3 is 1. The van der Waals surface area contributed by atoms with E-state index in [1.807, 2.05) is 6.07 Å². The van der Waals surface area contributed by atoms with Gasteiger partial charge in [0.1, 0.15) is 6.10 Å². The normalized spacial score (nSPS) is 19.7. The van der Waals surface area contributed by atoms with Crippen molar-refractivity contribution in [3.63, 3.8) is 0 Å². The Morgan fingerprint density at radius 1 is 1.27 bits per heavy atom. The number of hydrogen-bond acceptors (Lipinski definition) is 5. The summed E-state index contributed by atoms with van der Waals surface area (Å²) in [5, 5.41) is 3.44. The molecule has 7 nitrogen and oxygen atoms in total. The van der Waals surface area contributed by atoms with Crippen LogP contribution in [0.5, 0.6) is 5.88 Å². The summed E-state index contributed by atoms with van der Waals surface area (Å²) < 4.78 is 16.9. The van der Waals surface area contributed by atoms with E-state index < -0.39 is 0 Å². The van der Waals surface area contributed by atoms with Crippen molar-refractivity contribution < 1.29 is 14.2 Å². The molecule has 1 aliphatic heterocycles. The van der Waals surface area contributed by atoms with Gasteiger partial charge in [0.2, 0.25) is 5.88 Å². The maximum Gasteiger partial charge on any atom is 0.218 e. The van der Waals surface area contributed by atoms with Gasteiger partial charge in [-0.15, -0.1) is 24.0 Å². The summed E-state index contributed by atoms with van der Waals surface area (Å²) in [5.74, 6) is 2.24. The maximum absolute atomic E-state index is 6.16. The molecule has 1 N–H and O–H groups in total. The summed E-state index contributed by atoms with van der Waals surface area (Å²) in [7, 11) is 1.70. The second-order valence-corrected chi connectivity index (χ2v) is 7.83. The molecule has 2 aliphatic rings. The molecule has 0 radical (unpaired) electrons. The summed E-state index contributed by atoms with van der Waals surface area (Å²) in [6, 6.07) is 4.03. The van der Waals surface area contributed by atoms with E-state index in [1.165, 1.54) is 12.8 Å². The zero-order valence-electron chi connectivity index (χ0n) is 18.3. The Labute approximate surface area is 198 Å². The van der Waals surface area contributed by atoms with Gasteiger partial charge in [0.25, 0.3) is 0 Å². The molecule has 0 amide bonds. The van der Waals surface area contributed by atoms with Crippen LogP contribution in [-0.4, -0.2) is 68.5 Å². The van der Waals surface area contributed by atoms with Crippen molar-refractivity contribution in [2.45, 2.75) is 51.7 Å². The lowest BCUT2D eigenvalue weighted by atomic mass is 10.1. The number of aliphatic imine (C=N–C) groups is 1. The molecule has 1 atom stereocenters. The number of aromatic nitrogens is 1. The predicted molar refractivity (Wildman–Crippen MR) is 130 cm³/mol. The van der Waals surface area contributed by atoms with E-state index in [1.54, 1.807) is 13.3 Å². The highest BCUT2D eigenvalue weighted by Gasteiger charge is 2.25. The van der Waals surface area contributed by atoms with E-state index in [2.05, 4.69) is 28.2 Å². The quantitative estimate of drug-likeness (QED) is 0.216. The second kappa shape index (κ2) is 14.0.